The Kier molecular flexibility index (Phi) is 5.15. The van der Waals surface area contributed by atoms with Crippen molar-refractivity contribution in [1.29, 1.82) is 0 Å². The van der Waals surface area contributed by atoms with Gasteiger partial charge in [0.15, 0.2) is 6.61 Å². The Balaban J connectivity index is 1.49. The van der Waals surface area contributed by atoms with Crippen LogP contribution in [0.4, 0.5) is 5.69 Å². The van der Waals surface area contributed by atoms with Crippen LogP contribution in [0.1, 0.15) is 17.5 Å². The lowest BCUT2D eigenvalue weighted by atomic mass is 10.0. The smallest absolute Gasteiger partial charge is 0.344 e. The normalized spacial score (nSPS) is 13.0. The van der Waals surface area contributed by atoms with Crippen molar-refractivity contribution in [3.05, 3.63) is 58.1 Å². The number of esters is 1. The highest BCUT2D eigenvalue weighted by Crippen LogP contribution is 2.26. The van der Waals surface area contributed by atoms with Crippen molar-refractivity contribution in [1.82, 2.24) is 0 Å². The summed E-state index contributed by atoms with van der Waals surface area (Å²) >= 11 is 3.35. The number of benzene rings is 2. The summed E-state index contributed by atoms with van der Waals surface area (Å²) in [7, 11) is 0. The zero-order valence-corrected chi connectivity index (χ0v) is 14.5. The molecule has 0 aliphatic carbocycles. The van der Waals surface area contributed by atoms with Gasteiger partial charge in [-0.3, -0.25) is 4.79 Å². The highest BCUT2D eigenvalue weighted by Gasteiger charge is 2.15. The molecule has 1 heterocycles. The second kappa shape index (κ2) is 7.49. The average Bonchev–Trinajstić information content (AvgIpc) is 2.59. The summed E-state index contributed by atoms with van der Waals surface area (Å²) in [5, 5.41) is 2.80. The van der Waals surface area contributed by atoms with Crippen molar-refractivity contribution < 1.29 is 19.1 Å². The fourth-order valence-electron chi connectivity index (χ4n) is 2.38. The lowest BCUT2D eigenvalue weighted by Crippen LogP contribution is -2.19. The Bertz CT molecular complexity index is 758. The van der Waals surface area contributed by atoms with Crippen LogP contribution < -0.4 is 10.1 Å². The van der Waals surface area contributed by atoms with Crippen molar-refractivity contribution in [3.63, 3.8) is 0 Å². The van der Waals surface area contributed by atoms with Crippen LogP contribution in [-0.4, -0.2) is 18.5 Å². The molecule has 0 radical (unpaired) electrons. The summed E-state index contributed by atoms with van der Waals surface area (Å²) in [6.07, 6.45) is 1.14. The molecule has 1 N–H and O–H groups in total. The first-order chi connectivity index (χ1) is 11.6. The van der Waals surface area contributed by atoms with Crippen LogP contribution in [0.2, 0.25) is 0 Å². The SMILES string of the molecule is O=C1CCc2cc(OCC(=O)OCc3ccc(Br)cc3)ccc2N1. The van der Waals surface area contributed by atoms with Crippen LogP contribution in [0.15, 0.2) is 46.9 Å². The van der Waals surface area contributed by atoms with Crippen LogP contribution >= 0.6 is 15.9 Å². The number of hydrogen-bond donors (Lipinski definition) is 1. The van der Waals surface area contributed by atoms with Crippen LogP contribution in [0, 0.1) is 0 Å². The first-order valence-corrected chi connectivity index (χ1v) is 8.35. The number of carbonyl (C=O) groups excluding carboxylic acids is 2. The van der Waals surface area contributed by atoms with Crippen molar-refractivity contribution in [3.8, 4) is 5.75 Å². The van der Waals surface area contributed by atoms with Gasteiger partial charge < -0.3 is 14.8 Å². The first kappa shape index (κ1) is 16.5. The number of halogens is 1. The highest BCUT2D eigenvalue weighted by atomic mass is 79.9. The minimum atomic E-state index is -0.427. The molecule has 24 heavy (non-hydrogen) atoms. The Labute approximate surface area is 148 Å². The Hall–Kier alpha value is -2.34. The lowest BCUT2D eigenvalue weighted by molar-refractivity contribution is -0.147. The molecule has 124 valence electrons. The molecule has 0 fully saturated rings. The quantitative estimate of drug-likeness (QED) is 0.795. The third-order valence-electron chi connectivity index (χ3n) is 3.64. The molecular weight excluding hydrogens is 374 g/mol. The van der Waals surface area contributed by atoms with Gasteiger partial charge >= 0.3 is 5.97 Å². The van der Waals surface area contributed by atoms with E-state index in [4.69, 9.17) is 9.47 Å². The van der Waals surface area contributed by atoms with Gasteiger partial charge in [-0.05, 0) is 47.9 Å². The zero-order chi connectivity index (χ0) is 16.9. The van der Waals surface area contributed by atoms with E-state index in [1.807, 2.05) is 30.3 Å². The summed E-state index contributed by atoms with van der Waals surface area (Å²) in [5.74, 6) is 0.183. The minimum absolute atomic E-state index is 0.0210. The fraction of sp³-hybridized carbons (Fsp3) is 0.222. The number of rotatable bonds is 5. The van der Waals surface area contributed by atoms with Gasteiger partial charge in [-0.15, -0.1) is 0 Å². The predicted octanol–water partition coefficient (Wildman–Crippen LogP) is 3.46. The molecule has 3 rings (SSSR count). The van der Waals surface area contributed by atoms with Crippen molar-refractivity contribution in [2.75, 3.05) is 11.9 Å². The molecule has 1 aliphatic rings. The third-order valence-corrected chi connectivity index (χ3v) is 4.17. The molecule has 1 amide bonds. The minimum Gasteiger partial charge on any atom is -0.482 e. The molecule has 0 unspecified atom stereocenters. The first-order valence-electron chi connectivity index (χ1n) is 7.56. The van der Waals surface area contributed by atoms with Crippen molar-refractivity contribution in [2.24, 2.45) is 0 Å². The number of hydrogen-bond acceptors (Lipinski definition) is 4. The summed E-state index contributed by atoms with van der Waals surface area (Å²) in [5.41, 5.74) is 2.72. The zero-order valence-electron chi connectivity index (χ0n) is 12.9. The van der Waals surface area contributed by atoms with E-state index in [1.54, 1.807) is 12.1 Å². The van der Waals surface area contributed by atoms with Gasteiger partial charge in [0.05, 0.1) is 0 Å². The second-order valence-electron chi connectivity index (χ2n) is 5.44. The van der Waals surface area contributed by atoms with E-state index in [0.717, 1.165) is 21.3 Å². The fourth-order valence-corrected chi connectivity index (χ4v) is 2.64. The second-order valence-corrected chi connectivity index (χ2v) is 6.36. The average molecular weight is 390 g/mol. The molecule has 2 aromatic rings. The molecule has 0 spiro atoms. The Morgan fingerprint density at radius 3 is 2.71 bits per heavy atom. The summed E-state index contributed by atoms with van der Waals surface area (Å²) in [4.78, 5) is 23.1. The molecule has 0 atom stereocenters. The van der Waals surface area contributed by atoms with Gasteiger partial charge in [0.25, 0.3) is 0 Å². The number of amides is 1. The van der Waals surface area contributed by atoms with Gasteiger partial charge in [-0.25, -0.2) is 4.79 Å². The molecule has 1 aliphatic heterocycles. The van der Waals surface area contributed by atoms with Crippen molar-refractivity contribution >= 4 is 33.5 Å². The molecule has 0 saturated heterocycles. The molecule has 0 bridgehead atoms. The van der Waals surface area contributed by atoms with Gasteiger partial charge in [0.1, 0.15) is 12.4 Å². The summed E-state index contributed by atoms with van der Waals surface area (Å²) < 4.78 is 11.6. The Morgan fingerprint density at radius 2 is 1.92 bits per heavy atom. The maximum atomic E-state index is 11.8. The maximum absolute atomic E-state index is 11.8. The van der Waals surface area contributed by atoms with Gasteiger partial charge in [0.2, 0.25) is 5.91 Å². The van der Waals surface area contributed by atoms with Crippen LogP contribution in [-0.2, 0) is 27.4 Å². The predicted molar refractivity (Wildman–Crippen MR) is 92.8 cm³/mol. The highest BCUT2D eigenvalue weighted by molar-refractivity contribution is 9.10. The van der Waals surface area contributed by atoms with Crippen LogP contribution in [0.5, 0.6) is 5.75 Å². The molecular formula is C18H16BrNO4. The van der Waals surface area contributed by atoms with Gasteiger partial charge in [-0.1, -0.05) is 28.1 Å². The van der Waals surface area contributed by atoms with Crippen LogP contribution in [0.25, 0.3) is 0 Å². The van der Waals surface area contributed by atoms with E-state index < -0.39 is 5.97 Å². The van der Waals surface area contributed by atoms with Crippen LogP contribution in [0.3, 0.4) is 0 Å². The molecule has 0 aromatic heterocycles. The number of fused-ring (bicyclic) bond motifs is 1. The number of anilines is 1. The van der Waals surface area contributed by atoms with E-state index in [1.165, 1.54) is 0 Å². The number of nitrogens with one attached hydrogen (secondary N) is 1. The molecule has 6 heteroatoms. The number of aryl methyl sites for hydroxylation is 1. The van der Waals surface area contributed by atoms with Gasteiger partial charge in [0, 0.05) is 16.6 Å². The van der Waals surface area contributed by atoms with E-state index >= 15 is 0 Å². The largest absolute Gasteiger partial charge is 0.482 e. The van der Waals surface area contributed by atoms with E-state index in [2.05, 4.69) is 21.2 Å². The van der Waals surface area contributed by atoms with Gasteiger partial charge in [-0.2, -0.15) is 0 Å². The monoisotopic (exact) mass is 389 g/mol. The summed E-state index contributed by atoms with van der Waals surface area (Å²) in [6.45, 7) is 0.0629. The third kappa shape index (κ3) is 4.35. The maximum Gasteiger partial charge on any atom is 0.344 e. The lowest BCUT2D eigenvalue weighted by Gasteiger charge is -2.17. The number of ether oxygens (including phenoxy) is 2. The molecule has 0 saturated carbocycles. The molecule has 2 aromatic carbocycles. The van der Waals surface area contributed by atoms with E-state index in [9.17, 15) is 9.59 Å². The van der Waals surface area contributed by atoms with Crippen molar-refractivity contribution in [2.45, 2.75) is 19.4 Å². The topological polar surface area (TPSA) is 64.6 Å². The standard InChI is InChI=1S/C18H16BrNO4/c19-14-4-1-12(2-5-14)10-24-18(22)11-23-15-6-7-16-13(9-15)3-8-17(21)20-16/h1-2,4-7,9H,3,8,10-11H2,(H,20,21). The molecule has 5 nitrogen and oxygen atoms in total. The van der Waals surface area contributed by atoms with E-state index in [-0.39, 0.29) is 19.1 Å². The summed E-state index contributed by atoms with van der Waals surface area (Å²) in [6, 6.07) is 12.9. The Morgan fingerprint density at radius 1 is 1.12 bits per heavy atom. The van der Waals surface area contributed by atoms with E-state index in [0.29, 0.717) is 18.6 Å². The number of carbonyl (C=O) groups is 2.